The number of carboxylic acid groups (broad SMARTS) is 1. The maximum atomic E-state index is 13.3. The fraction of sp³-hybridized carbons (Fsp3) is 0.455. The third kappa shape index (κ3) is 8.81. The van der Waals surface area contributed by atoms with Crippen molar-refractivity contribution in [3.8, 4) is 0 Å². The van der Waals surface area contributed by atoms with Crippen LogP contribution in [0.5, 0.6) is 0 Å². The van der Waals surface area contributed by atoms with Gasteiger partial charge in [0.15, 0.2) is 16.8 Å². The number of amides is 1. The normalized spacial score (nSPS) is 17.4. The van der Waals surface area contributed by atoms with E-state index in [9.17, 15) is 26.7 Å². The summed E-state index contributed by atoms with van der Waals surface area (Å²) in [4.78, 5) is 32.1. The predicted molar refractivity (Wildman–Crippen MR) is 125 cm³/mol. The summed E-state index contributed by atoms with van der Waals surface area (Å²) in [6, 6.07) is 5.39. The van der Waals surface area contributed by atoms with E-state index in [-0.39, 0.29) is 23.6 Å². The fourth-order valence-corrected chi connectivity index (χ4v) is 3.68. The summed E-state index contributed by atoms with van der Waals surface area (Å²) in [5.41, 5.74) is 0.131. The van der Waals surface area contributed by atoms with Gasteiger partial charge >= 0.3 is 12.1 Å². The van der Waals surface area contributed by atoms with Crippen molar-refractivity contribution in [2.75, 3.05) is 30.6 Å². The molecule has 1 aromatic carbocycles. The molecule has 1 aliphatic rings. The molecule has 0 saturated heterocycles. The lowest BCUT2D eigenvalue weighted by atomic mass is 9.91. The fourth-order valence-electron chi connectivity index (χ4n) is 3.30. The number of aromatic nitrogens is 2. The van der Waals surface area contributed by atoms with Gasteiger partial charge in [-0.2, -0.15) is 13.2 Å². The first-order valence-electron chi connectivity index (χ1n) is 10.7. The minimum atomic E-state index is -5.08. The number of nitrogens with zero attached hydrogens (tertiary/aromatic N) is 3. The molecule has 1 aliphatic carbocycles. The molecule has 8 nitrogen and oxygen atoms in total. The minimum absolute atomic E-state index is 0.0122. The van der Waals surface area contributed by atoms with E-state index in [1.54, 1.807) is 0 Å². The van der Waals surface area contributed by atoms with Gasteiger partial charge in [-0.15, -0.1) is 0 Å². The first kappa shape index (κ1) is 29.1. The summed E-state index contributed by atoms with van der Waals surface area (Å²) in [7, 11) is 3.88. The van der Waals surface area contributed by atoms with Crippen LogP contribution in [0.3, 0.4) is 0 Å². The van der Waals surface area contributed by atoms with Crippen molar-refractivity contribution in [2.24, 2.45) is 0 Å². The lowest BCUT2D eigenvalue weighted by Gasteiger charge is -2.30. The van der Waals surface area contributed by atoms with Crippen molar-refractivity contribution in [1.82, 2.24) is 15.3 Å². The van der Waals surface area contributed by atoms with Crippen molar-refractivity contribution in [3.63, 3.8) is 0 Å². The van der Waals surface area contributed by atoms with E-state index in [0.29, 0.717) is 5.16 Å². The first-order chi connectivity index (χ1) is 16.8. The summed E-state index contributed by atoms with van der Waals surface area (Å²) in [5.74, 6) is -3.47. The molecule has 0 unspecified atom stereocenters. The van der Waals surface area contributed by atoms with Crippen LogP contribution in [-0.4, -0.2) is 65.6 Å². The number of thioether (sulfide) groups is 1. The number of hydrogen-bond donors (Lipinski definition) is 3. The zero-order chi connectivity index (χ0) is 27.0. The molecule has 1 fully saturated rings. The molecular formula is C22H26F5N5O3S. The molecule has 0 spiro atoms. The number of carboxylic acids is 1. The van der Waals surface area contributed by atoms with Gasteiger partial charge < -0.3 is 20.6 Å². The second kappa shape index (κ2) is 12.7. The van der Waals surface area contributed by atoms with E-state index in [0.717, 1.165) is 49.5 Å². The van der Waals surface area contributed by atoms with Crippen LogP contribution in [0.15, 0.2) is 29.4 Å². The van der Waals surface area contributed by atoms with Crippen LogP contribution in [0, 0.1) is 11.6 Å². The molecule has 198 valence electrons. The summed E-state index contributed by atoms with van der Waals surface area (Å²) in [5, 5.41) is 14.2. The summed E-state index contributed by atoms with van der Waals surface area (Å²) in [6.07, 6.45) is 0.207. The smallest absolute Gasteiger partial charge is 0.475 e. The Balaban J connectivity index is 0.000000572. The molecule has 1 heterocycles. The maximum absolute atomic E-state index is 13.3. The molecular weight excluding hydrogens is 509 g/mol. The quantitative estimate of drug-likeness (QED) is 0.285. The van der Waals surface area contributed by atoms with Crippen LogP contribution in [-0.2, 0) is 4.79 Å². The van der Waals surface area contributed by atoms with Gasteiger partial charge in [-0.25, -0.2) is 23.5 Å². The number of carbonyl (C=O) groups is 2. The highest BCUT2D eigenvalue weighted by molar-refractivity contribution is 7.98. The molecule has 3 rings (SSSR count). The van der Waals surface area contributed by atoms with E-state index in [2.05, 4.69) is 20.6 Å². The highest BCUT2D eigenvalue weighted by Crippen LogP contribution is 2.25. The van der Waals surface area contributed by atoms with Gasteiger partial charge in [0.1, 0.15) is 11.6 Å². The Morgan fingerprint density at radius 2 is 1.61 bits per heavy atom. The zero-order valence-electron chi connectivity index (χ0n) is 19.7. The third-order valence-corrected chi connectivity index (χ3v) is 5.72. The van der Waals surface area contributed by atoms with Crippen molar-refractivity contribution in [3.05, 3.63) is 41.5 Å². The second-order valence-corrected chi connectivity index (χ2v) is 8.86. The van der Waals surface area contributed by atoms with Crippen LogP contribution in [0.1, 0.15) is 36.0 Å². The van der Waals surface area contributed by atoms with Crippen molar-refractivity contribution < 1.29 is 36.6 Å². The number of benzene rings is 1. The molecule has 3 N–H and O–H groups in total. The Hall–Kier alpha value is -3.16. The predicted octanol–water partition coefficient (Wildman–Crippen LogP) is 4.33. The summed E-state index contributed by atoms with van der Waals surface area (Å²) >= 11 is 1.50. The van der Waals surface area contributed by atoms with E-state index in [1.807, 2.05) is 31.3 Å². The number of halogens is 5. The monoisotopic (exact) mass is 535 g/mol. The van der Waals surface area contributed by atoms with E-state index in [1.165, 1.54) is 17.8 Å². The number of rotatable bonds is 6. The molecule has 1 amide bonds. The lowest BCUT2D eigenvalue weighted by molar-refractivity contribution is -0.192. The standard InChI is InChI=1S/C20H25F2N5OS.C2HF3O2/c1-27(2)18-11-17(25-20(26-18)29-3)23-13-5-7-14(8-6-13)24-19(28)12-4-9-15(21)16(22)10-12;3-2(4,5)1(6)7/h4,9-11,13-14H,5-8H2,1-3H3,(H,24,28)(H,23,25,26);(H,6,7). The molecule has 14 heteroatoms. The Bertz CT molecular complexity index is 1060. The maximum Gasteiger partial charge on any atom is 0.490 e. The molecule has 0 bridgehead atoms. The van der Waals surface area contributed by atoms with Gasteiger partial charge in [-0.1, -0.05) is 11.8 Å². The average Bonchev–Trinajstić information content (AvgIpc) is 2.81. The zero-order valence-corrected chi connectivity index (χ0v) is 20.5. The van der Waals surface area contributed by atoms with Gasteiger partial charge in [0, 0.05) is 37.8 Å². The van der Waals surface area contributed by atoms with Gasteiger partial charge in [-0.3, -0.25) is 4.79 Å². The van der Waals surface area contributed by atoms with Gasteiger partial charge in [-0.05, 0) is 50.1 Å². The largest absolute Gasteiger partial charge is 0.490 e. The first-order valence-corrected chi connectivity index (χ1v) is 12.0. The van der Waals surface area contributed by atoms with Crippen molar-refractivity contribution >= 4 is 35.3 Å². The Morgan fingerprint density at radius 1 is 1.03 bits per heavy atom. The molecule has 36 heavy (non-hydrogen) atoms. The van der Waals surface area contributed by atoms with Gasteiger partial charge in [0.05, 0.1) is 0 Å². The second-order valence-electron chi connectivity index (χ2n) is 8.09. The number of carbonyl (C=O) groups excluding carboxylic acids is 1. The Morgan fingerprint density at radius 3 is 2.11 bits per heavy atom. The van der Waals surface area contributed by atoms with E-state index in [4.69, 9.17) is 9.90 Å². The number of nitrogens with one attached hydrogen (secondary N) is 2. The Labute approximate surface area is 208 Å². The van der Waals surface area contributed by atoms with Gasteiger partial charge in [0.25, 0.3) is 5.91 Å². The highest BCUT2D eigenvalue weighted by Gasteiger charge is 2.38. The average molecular weight is 536 g/mol. The van der Waals surface area contributed by atoms with Crippen LogP contribution >= 0.6 is 11.8 Å². The number of anilines is 2. The number of hydrogen-bond acceptors (Lipinski definition) is 7. The number of alkyl halides is 3. The Kier molecular flexibility index (Phi) is 10.3. The lowest BCUT2D eigenvalue weighted by Crippen LogP contribution is -2.40. The highest BCUT2D eigenvalue weighted by atomic mass is 32.2. The van der Waals surface area contributed by atoms with Crippen LogP contribution < -0.4 is 15.5 Å². The van der Waals surface area contributed by atoms with Crippen molar-refractivity contribution in [2.45, 2.75) is 49.1 Å². The molecule has 0 radical (unpaired) electrons. The molecule has 1 saturated carbocycles. The van der Waals surface area contributed by atoms with E-state index >= 15 is 0 Å². The van der Waals surface area contributed by atoms with Crippen LogP contribution in [0.25, 0.3) is 0 Å². The topological polar surface area (TPSA) is 107 Å². The van der Waals surface area contributed by atoms with Crippen LogP contribution in [0.2, 0.25) is 0 Å². The summed E-state index contributed by atoms with van der Waals surface area (Å²) < 4.78 is 58.1. The minimum Gasteiger partial charge on any atom is -0.475 e. The molecule has 2 aromatic rings. The SMILES string of the molecule is CSc1nc(NC2CCC(NC(=O)c3ccc(F)c(F)c3)CC2)cc(N(C)C)n1.O=C(O)C(F)(F)F. The van der Waals surface area contributed by atoms with E-state index < -0.39 is 23.8 Å². The molecule has 0 aliphatic heterocycles. The number of aliphatic carboxylic acids is 1. The summed E-state index contributed by atoms with van der Waals surface area (Å²) in [6.45, 7) is 0. The van der Waals surface area contributed by atoms with Gasteiger partial charge in [0.2, 0.25) is 0 Å². The molecule has 0 atom stereocenters. The third-order valence-electron chi connectivity index (χ3n) is 5.17. The van der Waals surface area contributed by atoms with Crippen LogP contribution in [0.4, 0.5) is 33.6 Å². The van der Waals surface area contributed by atoms with Crippen molar-refractivity contribution in [1.29, 1.82) is 0 Å². The molecule has 1 aromatic heterocycles.